The highest BCUT2D eigenvalue weighted by atomic mass is 35.5. The first-order chi connectivity index (χ1) is 10.6. The van der Waals surface area contributed by atoms with E-state index in [0.717, 1.165) is 42.9 Å². The van der Waals surface area contributed by atoms with E-state index < -0.39 is 0 Å². The minimum absolute atomic E-state index is 0.332. The normalized spacial score (nSPS) is 18.5. The van der Waals surface area contributed by atoms with E-state index in [9.17, 15) is 5.11 Å². The van der Waals surface area contributed by atoms with Crippen LogP contribution in [0.15, 0.2) is 29.9 Å². The van der Waals surface area contributed by atoms with Crippen molar-refractivity contribution in [3.8, 4) is 0 Å². The van der Waals surface area contributed by atoms with Gasteiger partial charge in [0, 0.05) is 29.4 Å². The summed E-state index contributed by atoms with van der Waals surface area (Å²) in [5, 5.41) is 13.7. The summed E-state index contributed by atoms with van der Waals surface area (Å²) in [5.41, 5.74) is 0.940. The van der Waals surface area contributed by atoms with E-state index in [1.165, 1.54) is 0 Å². The van der Waals surface area contributed by atoms with Crippen molar-refractivity contribution in [3.63, 3.8) is 0 Å². The monoisotopic (exact) mass is 356 g/mol. The molecule has 0 aliphatic carbocycles. The van der Waals surface area contributed by atoms with Crippen molar-refractivity contribution < 1.29 is 5.11 Å². The third-order valence-electron chi connectivity index (χ3n) is 4.25. The maximum atomic E-state index is 10.4. The summed E-state index contributed by atoms with van der Waals surface area (Å²) in [7, 11) is 0. The number of likely N-dealkylation sites (tertiary alicyclic amines) is 1. The smallest absolute Gasteiger partial charge is 0.0910 e. The molecule has 0 saturated carbocycles. The molecule has 0 bridgehead atoms. The lowest BCUT2D eigenvalue weighted by Gasteiger charge is -2.34. The zero-order chi connectivity index (χ0) is 15.5. The zero-order valence-corrected chi connectivity index (χ0v) is 14.4. The van der Waals surface area contributed by atoms with Gasteiger partial charge >= 0.3 is 0 Å². The quantitative estimate of drug-likeness (QED) is 0.881. The summed E-state index contributed by atoms with van der Waals surface area (Å²) >= 11 is 14.0. The van der Waals surface area contributed by atoms with Gasteiger partial charge in [-0.2, -0.15) is 0 Å². The van der Waals surface area contributed by atoms with Crippen LogP contribution in [0.5, 0.6) is 0 Å². The Labute approximate surface area is 144 Å². The number of aliphatic hydroxyl groups is 1. The van der Waals surface area contributed by atoms with E-state index >= 15 is 0 Å². The highest BCUT2D eigenvalue weighted by Crippen LogP contribution is 2.34. The average Bonchev–Trinajstić information content (AvgIpc) is 3.05. The van der Waals surface area contributed by atoms with Crippen molar-refractivity contribution in [1.29, 1.82) is 0 Å². The lowest BCUT2D eigenvalue weighted by Crippen LogP contribution is -2.35. The van der Waals surface area contributed by atoms with Crippen LogP contribution < -0.4 is 0 Å². The van der Waals surface area contributed by atoms with Crippen LogP contribution in [0.2, 0.25) is 10.0 Å². The third kappa shape index (κ3) is 3.63. The van der Waals surface area contributed by atoms with Crippen LogP contribution in [0.3, 0.4) is 0 Å². The summed E-state index contributed by atoms with van der Waals surface area (Å²) in [6, 6.07) is 4.00. The fraction of sp³-hybridized carbons (Fsp3) is 0.438. The maximum absolute atomic E-state index is 10.4. The Kier molecular flexibility index (Phi) is 5.37. The van der Waals surface area contributed by atoms with E-state index in [4.69, 9.17) is 23.2 Å². The van der Waals surface area contributed by atoms with E-state index in [0.29, 0.717) is 16.0 Å². The maximum Gasteiger partial charge on any atom is 0.0910 e. The van der Waals surface area contributed by atoms with Gasteiger partial charge in [0.25, 0.3) is 0 Å². The SMILES string of the molecule is OC(c1cccs1)C1CCN(Cc2c(Cl)cncc2Cl)CC1. The largest absolute Gasteiger partial charge is 0.387 e. The van der Waals surface area contributed by atoms with Crippen molar-refractivity contribution in [2.24, 2.45) is 5.92 Å². The molecule has 3 heterocycles. The zero-order valence-electron chi connectivity index (χ0n) is 12.1. The first kappa shape index (κ1) is 16.2. The van der Waals surface area contributed by atoms with Crippen LogP contribution in [0.4, 0.5) is 0 Å². The standard InChI is InChI=1S/C16H18Cl2N2OS/c17-13-8-19-9-14(18)12(13)10-20-5-3-11(4-6-20)16(21)15-2-1-7-22-15/h1-2,7-9,11,16,21H,3-6,10H2. The molecule has 22 heavy (non-hydrogen) atoms. The van der Waals surface area contributed by atoms with E-state index in [2.05, 4.69) is 9.88 Å². The van der Waals surface area contributed by atoms with Gasteiger partial charge in [-0.25, -0.2) is 0 Å². The number of rotatable bonds is 4. The molecule has 1 unspecified atom stereocenters. The molecule has 2 aromatic heterocycles. The van der Waals surface area contributed by atoms with Crippen LogP contribution >= 0.6 is 34.5 Å². The van der Waals surface area contributed by atoms with Crippen molar-refractivity contribution in [2.75, 3.05) is 13.1 Å². The van der Waals surface area contributed by atoms with Crippen LogP contribution in [-0.4, -0.2) is 28.1 Å². The Balaban J connectivity index is 1.58. The molecule has 3 nitrogen and oxygen atoms in total. The molecule has 0 aromatic carbocycles. The highest BCUT2D eigenvalue weighted by Gasteiger charge is 2.27. The number of aromatic nitrogens is 1. The Bertz CT molecular complexity index is 592. The molecule has 6 heteroatoms. The minimum atomic E-state index is -0.338. The lowest BCUT2D eigenvalue weighted by molar-refractivity contribution is 0.0591. The van der Waals surface area contributed by atoms with E-state index in [1.54, 1.807) is 23.7 Å². The molecule has 0 amide bonds. The third-order valence-corrected chi connectivity index (χ3v) is 5.84. The van der Waals surface area contributed by atoms with Crippen molar-refractivity contribution in [3.05, 3.63) is 50.4 Å². The summed E-state index contributed by atoms with van der Waals surface area (Å²) in [6.07, 6.45) is 4.90. The van der Waals surface area contributed by atoms with Gasteiger partial charge in [-0.1, -0.05) is 29.3 Å². The first-order valence-corrected chi connectivity index (χ1v) is 9.00. The van der Waals surface area contributed by atoms with Gasteiger partial charge in [0.2, 0.25) is 0 Å². The predicted octanol–water partition coefficient (Wildman–Crippen LogP) is 4.40. The number of halogens is 2. The van der Waals surface area contributed by atoms with Gasteiger partial charge in [0.05, 0.1) is 16.1 Å². The van der Waals surface area contributed by atoms with Crippen LogP contribution in [0.25, 0.3) is 0 Å². The average molecular weight is 357 g/mol. The molecular formula is C16H18Cl2N2OS. The van der Waals surface area contributed by atoms with Gasteiger partial charge in [-0.05, 0) is 43.3 Å². The fourth-order valence-electron chi connectivity index (χ4n) is 2.93. The van der Waals surface area contributed by atoms with Crippen LogP contribution in [-0.2, 0) is 6.54 Å². The highest BCUT2D eigenvalue weighted by molar-refractivity contribution is 7.10. The molecule has 3 rings (SSSR count). The summed E-state index contributed by atoms with van der Waals surface area (Å²) in [6.45, 7) is 2.63. The second-order valence-corrected chi connectivity index (χ2v) is 7.45. The number of nitrogens with zero attached hydrogens (tertiary/aromatic N) is 2. The summed E-state index contributed by atoms with van der Waals surface area (Å²) in [4.78, 5) is 7.39. The van der Waals surface area contributed by atoms with Gasteiger partial charge < -0.3 is 5.11 Å². The fourth-order valence-corrected chi connectivity index (χ4v) is 4.22. The molecule has 1 aliphatic heterocycles. The number of piperidine rings is 1. The minimum Gasteiger partial charge on any atom is -0.387 e. The molecule has 1 atom stereocenters. The second kappa shape index (κ2) is 7.28. The number of pyridine rings is 1. The Morgan fingerprint density at radius 1 is 1.27 bits per heavy atom. The molecule has 1 saturated heterocycles. The van der Waals surface area contributed by atoms with Gasteiger partial charge in [-0.3, -0.25) is 9.88 Å². The predicted molar refractivity (Wildman–Crippen MR) is 91.5 cm³/mol. The molecular weight excluding hydrogens is 339 g/mol. The number of thiophene rings is 1. The molecule has 1 aliphatic rings. The van der Waals surface area contributed by atoms with Gasteiger partial charge in [0.15, 0.2) is 0 Å². The van der Waals surface area contributed by atoms with Crippen LogP contribution in [0.1, 0.15) is 29.4 Å². The molecule has 0 radical (unpaired) electrons. The number of hydrogen-bond donors (Lipinski definition) is 1. The Morgan fingerprint density at radius 2 is 1.95 bits per heavy atom. The number of aliphatic hydroxyl groups excluding tert-OH is 1. The second-order valence-electron chi connectivity index (χ2n) is 5.66. The molecule has 1 N–H and O–H groups in total. The molecule has 1 fully saturated rings. The van der Waals surface area contributed by atoms with E-state index in [-0.39, 0.29) is 6.10 Å². The number of hydrogen-bond acceptors (Lipinski definition) is 4. The topological polar surface area (TPSA) is 36.4 Å². The summed E-state index contributed by atoms with van der Waals surface area (Å²) in [5.74, 6) is 0.332. The first-order valence-electron chi connectivity index (χ1n) is 7.37. The Morgan fingerprint density at radius 3 is 2.55 bits per heavy atom. The van der Waals surface area contributed by atoms with Crippen LogP contribution in [0, 0.1) is 5.92 Å². The van der Waals surface area contributed by atoms with Crippen molar-refractivity contribution in [2.45, 2.75) is 25.5 Å². The lowest BCUT2D eigenvalue weighted by atomic mass is 9.90. The van der Waals surface area contributed by atoms with Gasteiger partial charge in [0.1, 0.15) is 0 Å². The van der Waals surface area contributed by atoms with Crippen molar-refractivity contribution >= 4 is 34.5 Å². The molecule has 2 aromatic rings. The summed E-state index contributed by atoms with van der Waals surface area (Å²) < 4.78 is 0. The Hall–Kier alpha value is -0.650. The van der Waals surface area contributed by atoms with Crippen molar-refractivity contribution in [1.82, 2.24) is 9.88 Å². The molecule has 118 valence electrons. The van der Waals surface area contributed by atoms with E-state index in [1.807, 2.05) is 17.5 Å². The molecule has 0 spiro atoms. The van der Waals surface area contributed by atoms with Gasteiger partial charge in [-0.15, -0.1) is 11.3 Å².